The lowest BCUT2D eigenvalue weighted by molar-refractivity contribution is 0.413. The van der Waals surface area contributed by atoms with Gasteiger partial charge in [0.15, 0.2) is 5.13 Å². The summed E-state index contributed by atoms with van der Waals surface area (Å²) in [6.45, 7) is 0. The number of fused-ring (bicyclic) bond motifs is 2. The minimum atomic E-state index is 0.0234. The molecule has 3 heterocycles. The Morgan fingerprint density at radius 2 is 2.32 bits per heavy atom. The van der Waals surface area contributed by atoms with Gasteiger partial charge < -0.3 is 10.5 Å². The van der Waals surface area contributed by atoms with Crippen LogP contribution in [-0.2, 0) is 0 Å². The average molecular weight is 414 g/mol. The number of nitrogens with two attached hydrogens (primary N) is 1. The Morgan fingerprint density at radius 3 is 3.12 bits per heavy atom. The van der Waals surface area contributed by atoms with Gasteiger partial charge in [-0.25, -0.2) is 9.97 Å². The van der Waals surface area contributed by atoms with E-state index in [9.17, 15) is 0 Å². The minimum Gasteiger partial charge on any atom is -0.438 e. The second-order valence-corrected chi connectivity index (χ2v) is 7.38. The predicted molar refractivity (Wildman–Crippen MR) is 106 cm³/mol. The van der Waals surface area contributed by atoms with Gasteiger partial charge in [-0.3, -0.25) is 0 Å². The third kappa shape index (κ3) is 3.19. The van der Waals surface area contributed by atoms with Crippen LogP contribution in [0.5, 0.6) is 5.88 Å². The number of rotatable bonds is 3. The number of allylic oxidation sites excluding steroid dienone is 7. The number of halogens is 1. The van der Waals surface area contributed by atoms with Crippen molar-refractivity contribution in [3.05, 3.63) is 76.7 Å². The summed E-state index contributed by atoms with van der Waals surface area (Å²) in [5.41, 5.74) is 9.97. The zero-order valence-electron chi connectivity index (χ0n) is 13.4. The monoisotopic (exact) mass is 413 g/mol. The van der Waals surface area contributed by atoms with Gasteiger partial charge in [0.1, 0.15) is 5.76 Å². The Hall–Kier alpha value is -2.18. The third-order valence-corrected chi connectivity index (χ3v) is 5.25. The first-order valence-electron chi connectivity index (χ1n) is 7.97. The van der Waals surface area contributed by atoms with Gasteiger partial charge in [0.2, 0.25) is 5.88 Å². The van der Waals surface area contributed by atoms with Crippen molar-refractivity contribution in [3.8, 4) is 5.88 Å². The standard InChI is InChI=1S/C19H16BrN3OS/c20-8-2-4-12-10-15-14(16-11-25-19(21)23-16)5-1-7-17(15)24-18-13(12)6-3-9-22-18/h1,3-7,9-11,14H,2,8H2,(H2,21,23). The first kappa shape index (κ1) is 16.3. The highest BCUT2D eigenvalue weighted by Gasteiger charge is 2.27. The van der Waals surface area contributed by atoms with E-state index in [1.54, 1.807) is 6.20 Å². The Balaban J connectivity index is 1.84. The number of pyridine rings is 1. The van der Waals surface area contributed by atoms with Crippen molar-refractivity contribution >= 4 is 38.0 Å². The normalized spacial score (nSPS) is 20.2. The highest BCUT2D eigenvalue weighted by atomic mass is 79.9. The quantitative estimate of drug-likeness (QED) is 0.730. The first-order valence-corrected chi connectivity index (χ1v) is 9.97. The Morgan fingerprint density at radius 1 is 1.40 bits per heavy atom. The molecule has 2 aliphatic rings. The van der Waals surface area contributed by atoms with Crippen LogP contribution in [0.15, 0.2) is 65.4 Å². The summed E-state index contributed by atoms with van der Waals surface area (Å²) < 4.78 is 6.15. The number of ether oxygens (including phenoxy) is 1. The summed E-state index contributed by atoms with van der Waals surface area (Å²) in [4.78, 5) is 8.90. The Labute approximate surface area is 158 Å². The van der Waals surface area contributed by atoms with Gasteiger partial charge in [-0.1, -0.05) is 34.2 Å². The van der Waals surface area contributed by atoms with Crippen LogP contribution in [0.2, 0.25) is 0 Å². The highest BCUT2D eigenvalue weighted by molar-refractivity contribution is 9.09. The van der Waals surface area contributed by atoms with Crippen LogP contribution in [0, 0.1) is 0 Å². The molecule has 25 heavy (non-hydrogen) atoms. The fourth-order valence-electron chi connectivity index (χ4n) is 2.98. The molecule has 1 atom stereocenters. The van der Waals surface area contributed by atoms with Crippen molar-refractivity contribution in [3.63, 3.8) is 0 Å². The number of aromatic nitrogens is 2. The van der Waals surface area contributed by atoms with Crippen LogP contribution in [0.4, 0.5) is 5.13 Å². The van der Waals surface area contributed by atoms with Crippen LogP contribution in [0.1, 0.15) is 23.6 Å². The molecule has 0 saturated carbocycles. The predicted octanol–water partition coefficient (Wildman–Crippen LogP) is 4.85. The Kier molecular flexibility index (Phi) is 4.55. The van der Waals surface area contributed by atoms with Crippen molar-refractivity contribution in [2.75, 3.05) is 11.1 Å². The largest absolute Gasteiger partial charge is 0.438 e. The van der Waals surface area contributed by atoms with Crippen molar-refractivity contribution < 1.29 is 4.74 Å². The smallest absolute Gasteiger partial charge is 0.227 e. The minimum absolute atomic E-state index is 0.0234. The molecule has 0 saturated heterocycles. The summed E-state index contributed by atoms with van der Waals surface area (Å²) in [6.07, 6.45) is 13.2. The van der Waals surface area contributed by atoms with Gasteiger partial charge in [-0.05, 0) is 36.3 Å². The fourth-order valence-corrected chi connectivity index (χ4v) is 3.81. The number of nitrogens with zero attached hydrogens (tertiary/aromatic N) is 2. The second kappa shape index (κ2) is 6.98. The average Bonchev–Trinajstić information content (AvgIpc) is 2.98. The zero-order valence-corrected chi connectivity index (χ0v) is 15.8. The summed E-state index contributed by atoms with van der Waals surface area (Å²) in [5, 5.41) is 3.49. The molecule has 2 aromatic rings. The maximum Gasteiger partial charge on any atom is 0.227 e. The number of anilines is 1. The topological polar surface area (TPSA) is 61.0 Å². The van der Waals surface area contributed by atoms with Gasteiger partial charge in [0, 0.05) is 34.0 Å². The van der Waals surface area contributed by atoms with Crippen LogP contribution in [0.25, 0.3) is 5.57 Å². The van der Waals surface area contributed by atoms with Crippen molar-refractivity contribution in [2.24, 2.45) is 0 Å². The van der Waals surface area contributed by atoms with Crippen LogP contribution in [0.3, 0.4) is 0 Å². The Bertz CT molecular complexity index is 926. The molecule has 4 nitrogen and oxygen atoms in total. The van der Waals surface area contributed by atoms with E-state index in [-0.39, 0.29) is 5.92 Å². The van der Waals surface area contributed by atoms with Gasteiger partial charge in [0.25, 0.3) is 0 Å². The summed E-state index contributed by atoms with van der Waals surface area (Å²) in [6, 6.07) is 3.98. The van der Waals surface area contributed by atoms with Crippen molar-refractivity contribution in [1.82, 2.24) is 9.97 Å². The van der Waals surface area contributed by atoms with Crippen LogP contribution >= 0.6 is 27.3 Å². The number of nitrogen functional groups attached to an aromatic ring is 1. The molecule has 1 aliphatic carbocycles. The van der Waals surface area contributed by atoms with Crippen molar-refractivity contribution in [1.29, 1.82) is 0 Å². The third-order valence-electron chi connectivity index (χ3n) is 4.10. The van der Waals surface area contributed by atoms with E-state index >= 15 is 0 Å². The molecule has 1 unspecified atom stereocenters. The molecule has 6 heteroatoms. The van der Waals surface area contributed by atoms with E-state index in [1.165, 1.54) is 11.3 Å². The maximum absolute atomic E-state index is 6.15. The highest BCUT2D eigenvalue weighted by Crippen LogP contribution is 2.41. The summed E-state index contributed by atoms with van der Waals surface area (Å²) in [7, 11) is 0. The molecule has 0 spiro atoms. The molecule has 0 bridgehead atoms. The molecule has 0 fully saturated rings. The van der Waals surface area contributed by atoms with E-state index in [0.717, 1.165) is 39.9 Å². The van der Waals surface area contributed by atoms with Gasteiger partial charge in [-0.15, -0.1) is 11.3 Å². The lowest BCUT2D eigenvalue weighted by atomic mass is 9.88. The van der Waals surface area contributed by atoms with E-state index in [0.29, 0.717) is 11.0 Å². The number of hydrogen-bond acceptors (Lipinski definition) is 5. The van der Waals surface area contributed by atoms with Crippen LogP contribution < -0.4 is 10.5 Å². The number of hydrogen-bond donors (Lipinski definition) is 1. The molecule has 0 amide bonds. The van der Waals surface area contributed by atoms with E-state index in [4.69, 9.17) is 10.5 Å². The molecule has 0 radical (unpaired) electrons. The lowest BCUT2D eigenvalue weighted by Crippen LogP contribution is -2.10. The molecule has 0 aromatic carbocycles. The zero-order chi connectivity index (χ0) is 17.2. The molecular weight excluding hydrogens is 398 g/mol. The molecule has 4 rings (SSSR count). The molecule has 126 valence electrons. The SMILES string of the molecule is Nc1nc(C2C=CC=C3Oc4ncccc4C(=CCCBr)C=C32)cs1. The van der Waals surface area contributed by atoms with Crippen molar-refractivity contribution in [2.45, 2.75) is 12.3 Å². The maximum atomic E-state index is 6.15. The summed E-state index contributed by atoms with van der Waals surface area (Å²) >= 11 is 4.96. The second-order valence-electron chi connectivity index (χ2n) is 5.70. The molecule has 2 N–H and O–H groups in total. The lowest BCUT2D eigenvalue weighted by Gasteiger charge is -2.20. The molecule has 1 aliphatic heterocycles. The fraction of sp³-hybridized carbons (Fsp3) is 0.158. The van der Waals surface area contributed by atoms with Gasteiger partial charge in [0.05, 0.1) is 5.69 Å². The first-order chi connectivity index (χ1) is 12.3. The van der Waals surface area contributed by atoms with E-state index in [1.807, 2.05) is 29.7 Å². The van der Waals surface area contributed by atoms with Crippen LogP contribution in [-0.4, -0.2) is 15.3 Å². The van der Waals surface area contributed by atoms with Gasteiger partial charge >= 0.3 is 0 Å². The molecular formula is C19H16BrN3OS. The van der Waals surface area contributed by atoms with E-state index in [2.05, 4.69) is 44.1 Å². The number of thiazole rings is 1. The molecule has 2 aromatic heterocycles. The van der Waals surface area contributed by atoms with E-state index < -0.39 is 0 Å². The number of alkyl halides is 1. The van der Waals surface area contributed by atoms with Gasteiger partial charge in [-0.2, -0.15) is 0 Å². The summed E-state index contributed by atoms with van der Waals surface area (Å²) in [5.74, 6) is 1.46.